The molecule has 0 aliphatic heterocycles. The maximum atomic E-state index is 9.43. The third kappa shape index (κ3) is 2.89. The zero-order valence-electron chi connectivity index (χ0n) is 9.45. The zero-order chi connectivity index (χ0) is 11.5. The minimum atomic E-state index is -0.373. The molecular formula is C13H17ClO2. The summed E-state index contributed by atoms with van der Waals surface area (Å²) < 4.78 is 5.87. The predicted octanol–water partition coefficient (Wildman–Crippen LogP) is 3.19. The molecule has 88 valence electrons. The molecule has 1 N–H and O–H groups in total. The molecule has 0 heterocycles. The topological polar surface area (TPSA) is 29.5 Å². The van der Waals surface area contributed by atoms with Gasteiger partial charge in [-0.1, -0.05) is 11.6 Å². The van der Waals surface area contributed by atoms with E-state index in [1.54, 1.807) is 6.92 Å². The lowest BCUT2D eigenvalue weighted by molar-refractivity contribution is 0.117. The molecule has 0 spiro atoms. The first kappa shape index (κ1) is 11.7. The molecule has 1 fully saturated rings. The Hall–Kier alpha value is -0.730. The third-order valence-electron chi connectivity index (χ3n) is 2.88. The van der Waals surface area contributed by atoms with Gasteiger partial charge in [-0.2, -0.15) is 0 Å². The van der Waals surface area contributed by atoms with Crippen molar-refractivity contribution in [3.05, 3.63) is 28.8 Å². The van der Waals surface area contributed by atoms with Gasteiger partial charge in [0, 0.05) is 11.4 Å². The molecule has 16 heavy (non-hydrogen) atoms. The Kier molecular flexibility index (Phi) is 3.72. The highest BCUT2D eigenvalue weighted by molar-refractivity contribution is 6.30. The second-order valence-electron chi connectivity index (χ2n) is 4.48. The summed E-state index contributed by atoms with van der Waals surface area (Å²) in [5.74, 6) is 0.870. The van der Waals surface area contributed by atoms with Gasteiger partial charge in [0.1, 0.15) is 5.75 Å². The maximum absolute atomic E-state index is 9.43. The Balaban J connectivity index is 2.13. The van der Waals surface area contributed by atoms with Crippen LogP contribution in [0.4, 0.5) is 0 Å². The van der Waals surface area contributed by atoms with E-state index in [2.05, 4.69) is 0 Å². The van der Waals surface area contributed by atoms with Crippen molar-refractivity contribution in [3.63, 3.8) is 0 Å². The standard InChI is InChI=1S/C13H17ClO2/c1-9(15)7-10-8-11(14)5-6-13(10)16-12-3-2-4-12/h5-6,8-9,12,15H,2-4,7H2,1H3. The Morgan fingerprint density at radius 1 is 1.50 bits per heavy atom. The number of halogens is 1. The van der Waals surface area contributed by atoms with E-state index >= 15 is 0 Å². The molecule has 0 radical (unpaired) electrons. The third-order valence-corrected chi connectivity index (χ3v) is 3.12. The maximum Gasteiger partial charge on any atom is 0.123 e. The van der Waals surface area contributed by atoms with Crippen molar-refractivity contribution >= 4 is 11.6 Å². The number of hydrogen-bond donors (Lipinski definition) is 1. The minimum absolute atomic E-state index is 0.355. The van der Waals surface area contributed by atoms with Gasteiger partial charge in [0.25, 0.3) is 0 Å². The van der Waals surface area contributed by atoms with Crippen LogP contribution >= 0.6 is 11.6 Å². The van der Waals surface area contributed by atoms with Crippen LogP contribution in [-0.4, -0.2) is 17.3 Å². The van der Waals surface area contributed by atoms with Gasteiger partial charge in [-0.25, -0.2) is 0 Å². The first-order valence-corrected chi connectivity index (χ1v) is 6.16. The van der Waals surface area contributed by atoms with Gasteiger partial charge >= 0.3 is 0 Å². The van der Waals surface area contributed by atoms with Crippen molar-refractivity contribution in [3.8, 4) is 5.75 Å². The molecule has 0 bridgehead atoms. The van der Waals surface area contributed by atoms with Gasteiger partial charge in [0.2, 0.25) is 0 Å². The molecule has 3 heteroatoms. The fraction of sp³-hybridized carbons (Fsp3) is 0.538. The fourth-order valence-electron chi connectivity index (χ4n) is 1.81. The molecular weight excluding hydrogens is 224 g/mol. The summed E-state index contributed by atoms with van der Waals surface area (Å²) in [5, 5.41) is 10.1. The van der Waals surface area contributed by atoms with Gasteiger partial charge in [-0.05, 0) is 49.9 Å². The molecule has 2 nitrogen and oxygen atoms in total. The zero-order valence-corrected chi connectivity index (χ0v) is 10.2. The van der Waals surface area contributed by atoms with E-state index in [-0.39, 0.29) is 6.10 Å². The van der Waals surface area contributed by atoms with Gasteiger partial charge in [-0.3, -0.25) is 0 Å². The molecule has 1 saturated carbocycles. The molecule has 1 atom stereocenters. The molecule has 1 aromatic carbocycles. The number of aliphatic hydroxyl groups is 1. The summed E-state index contributed by atoms with van der Waals surface area (Å²) in [4.78, 5) is 0. The minimum Gasteiger partial charge on any atom is -0.490 e. The summed E-state index contributed by atoms with van der Waals surface area (Å²) in [6.07, 6.45) is 4.09. The molecule has 2 rings (SSSR count). The van der Waals surface area contributed by atoms with E-state index in [1.807, 2.05) is 18.2 Å². The Morgan fingerprint density at radius 2 is 2.25 bits per heavy atom. The number of benzene rings is 1. The van der Waals surface area contributed by atoms with Crippen molar-refractivity contribution in [2.45, 2.75) is 44.8 Å². The second kappa shape index (κ2) is 5.07. The lowest BCUT2D eigenvalue weighted by atomic mass is 9.96. The molecule has 0 saturated heterocycles. The summed E-state index contributed by atoms with van der Waals surface area (Å²) in [6.45, 7) is 1.77. The summed E-state index contributed by atoms with van der Waals surface area (Å²) in [7, 11) is 0. The van der Waals surface area contributed by atoms with Crippen molar-refractivity contribution in [1.82, 2.24) is 0 Å². The average Bonchev–Trinajstić information content (AvgIpc) is 2.12. The van der Waals surface area contributed by atoms with Crippen LogP contribution in [0.2, 0.25) is 5.02 Å². The van der Waals surface area contributed by atoms with E-state index in [4.69, 9.17) is 16.3 Å². The van der Waals surface area contributed by atoms with Crippen LogP contribution < -0.4 is 4.74 Å². The van der Waals surface area contributed by atoms with Gasteiger partial charge in [-0.15, -0.1) is 0 Å². The summed E-state index contributed by atoms with van der Waals surface area (Å²) in [5.41, 5.74) is 0.995. The van der Waals surface area contributed by atoms with Crippen LogP contribution in [0.15, 0.2) is 18.2 Å². The van der Waals surface area contributed by atoms with Crippen molar-refractivity contribution in [1.29, 1.82) is 0 Å². The van der Waals surface area contributed by atoms with Crippen LogP contribution in [0.25, 0.3) is 0 Å². The molecule has 0 amide bonds. The highest BCUT2D eigenvalue weighted by atomic mass is 35.5. The monoisotopic (exact) mass is 240 g/mol. The van der Waals surface area contributed by atoms with Crippen molar-refractivity contribution < 1.29 is 9.84 Å². The number of hydrogen-bond acceptors (Lipinski definition) is 2. The lowest BCUT2D eigenvalue weighted by Gasteiger charge is -2.27. The van der Waals surface area contributed by atoms with Gasteiger partial charge < -0.3 is 9.84 Å². The van der Waals surface area contributed by atoms with Crippen LogP contribution in [-0.2, 0) is 6.42 Å². The van der Waals surface area contributed by atoms with Crippen LogP contribution in [0, 0.1) is 0 Å². The number of aliphatic hydroxyl groups excluding tert-OH is 1. The smallest absolute Gasteiger partial charge is 0.123 e. The van der Waals surface area contributed by atoms with E-state index < -0.39 is 0 Å². The average molecular weight is 241 g/mol. The number of rotatable bonds is 4. The molecule has 1 aliphatic carbocycles. The first-order chi connectivity index (χ1) is 7.65. The molecule has 1 aliphatic rings. The highest BCUT2D eigenvalue weighted by Crippen LogP contribution is 2.30. The number of ether oxygens (including phenoxy) is 1. The van der Waals surface area contributed by atoms with Crippen LogP contribution in [0.5, 0.6) is 5.75 Å². The van der Waals surface area contributed by atoms with E-state index in [0.29, 0.717) is 17.5 Å². The molecule has 1 unspecified atom stereocenters. The van der Waals surface area contributed by atoms with E-state index in [9.17, 15) is 5.11 Å². The quantitative estimate of drug-likeness (QED) is 0.876. The first-order valence-electron chi connectivity index (χ1n) is 5.78. The van der Waals surface area contributed by atoms with E-state index in [1.165, 1.54) is 6.42 Å². The van der Waals surface area contributed by atoms with Gasteiger partial charge in [0.05, 0.1) is 12.2 Å². The SMILES string of the molecule is CC(O)Cc1cc(Cl)ccc1OC1CCC1. The Morgan fingerprint density at radius 3 is 2.81 bits per heavy atom. The molecule has 1 aromatic rings. The highest BCUT2D eigenvalue weighted by Gasteiger charge is 2.20. The van der Waals surface area contributed by atoms with Crippen molar-refractivity contribution in [2.75, 3.05) is 0 Å². The Bertz CT molecular complexity index is 359. The largest absolute Gasteiger partial charge is 0.490 e. The van der Waals surface area contributed by atoms with Crippen LogP contribution in [0.1, 0.15) is 31.7 Å². The normalized spacial score (nSPS) is 17.9. The molecule has 0 aromatic heterocycles. The van der Waals surface area contributed by atoms with Crippen LogP contribution in [0.3, 0.4) is 0 Å². The van der Waals surface area contributed by atoms with Gasteiger partial charge in [0.15, 0.2) is 0 Å². The predicted molar refractivity (Wildman–Crippen MR) is 65.1 cm³/mol. The van der Waals surface area contributed by atoms with E-state index in [0.717, 1.165) is 24.2 Å². The fourth-order valence-corrected chi connectivity index (χ4v) is 2.00. The summed E-state index contributed by atoms with van der Waals surface area (Å²) >= 11 is 5.95. The lowest BCUT2D eigenvalue weighted by Crippen LogP contribution is -2.25. The summed E-state index contributed by atoms with van der Waals surface area (Å²) in [6, 6.07) is 5.61. The second-order valence-corrected chi connectivity index (χ2v) is 4.91. The van der Waals surface area contributed by atoms with Crippen molar-refractivity contribution in [2.24, 2.45) is 0 Å². The Labute approximate surface area is 101 Å².